The van der Waals surface area contributed by atoms with Crippen molar-refractivity contribution in [3.63, 3.8) is 0 Å². The van der Waals surface area contributed by atoms with Crippen LogP contribution in [-0.2, 0) is 4.74 Å². The van der Waals surface area contributed by atoms with E-state index in [4.69, 9.17) is 24.6 Å². The first-order chi connectivity index (χ1) is 19.0. The number of alkyl halides is 1. The minimum atomic E-state index is -1.75. The molecule has 2 fully saturated rings. The lowest BCUT2D eigenvalue weighted by molar-refractivity contribution is -0.0410. The highest BCUT2D eigenvalue weighted by Crippen LogP contribution is 2.39. The average Bonchev–Trinajstić information content (AvgIpc) is 3.58. The molecule has 4 atom stereocenters. The number of hydrogen-bond donors (Lipinski definition) is 2. The van der Waals surface area contributed by atoms with Crippen LogP contribution < -0.4 is 15.4 Å². The molecule has 11 nitrogen and oxygen atoms in total. The number of ether oxygens (including phenoxy) is 2. The second-order valence-electron chi connectivity index (χ2n) is 9.88. The summed E-state index contributed by atoms with van der Waals surface area (Å²) in [6.45, 7) is 3.75. The minimum absolute atomic E-state index is 0.0580. The number of rotatable bonds is 6. The van der Waals surface area contributed by atoms with Crippen LogP contribution in [-0.4, -0.2) is 67.7 Å². The Kier molecular flexibility index (Phi) is 5.60. The number of aliphatic hydroxyl groups excluding tert-OH is 1. The molecule has 12 heteroatoms. The number of aryl methyl sites for hydroxylation is 1. The van der Waals surface area contributed by atoms with Crippen molar-refractivity contribution in [3.05, 3.63) is 54.8 Å². The Labute approximate surface area is 222 Å². The van der Waals surface area contributed by atoms with Gasteiger partial charge in [0, 0.05) is 30.7 Å². The molecule has 2 aliphatic rings. The maximum atomic E-state index is 15.5. The van der Waals surface area contributed by atoms with Gasteiger partial charge in [-0.1, -0.05) is 0 Å². The molecule has 0 aliphatic carbocycles. The molecule has 0 amide bonds. The van der Waals surface area contributed by atoms with E-state index < -0.39 is 24.6 Å². The van der Waals surface area contributed by atoms with Gasteiger partial charge in [-0.05, 0) is 37.6 Å². The van der Waals surface area contributed by atoms with Crippen LogP contribution in [0.5, 0.6) is 5.75 Å². The first-order valence-corrected chi connectivity index (χ1v) is 12.8. The molecule has 5 aromatic rings. The summed E-state index contributed by atoms with van der Waals surface area (Å²) in [5.41, 5.74) is 8.47. The van der Waals surface area contributed by atoms with Crippen LogP contribution in [0.2, 0.25) is 0 Å². The first kappa shape index (κ1) is 23.8. The lowest BCUT2D eigenvalue weighted by Gasteiger charge is -2.32. The van der Waals surface area contributed by atoms with Gasteiger partial charge < -0.3 is 34.2 Å². The van der Waals surface area contributed by atoms with E-state index in [-0.39, 0.29) is 12.4 Å². The van der Waals surface area contributed by atoms with Crippen LogP contribution in [0.15, 0.2) is 53.5 Å². The zero-order chi connectivity index (χ0) is 26.7. The highest BCUT2D eigenvalue weighted by atomic mass is 19.1. The molecule has 7 rings (SSSR count). The zero-order valence-electron chi connectivity index (χ0n) is 21.1. The molecule has 2 aliphatic heterocycles. The summed E-state index contributed by atoms with van der Waals surface area (Å²) in [5, 5.41) is 12.2. The molecule has 0 unspecified atom stereocenters. The topological polar surface area (TPSA) is 138 Å². The Morgan fingerprint density at radius 2 is 2.03 bits per heavy atom. The number of nitrogens with zero attached hydrogens (tertiary/aromatic N) is 6. The van der Waals surface area contributed by atoms with Crippen LogP contribution in [0, 0.1) is 6.92 Å². The van der Waals surface area contributed by atoms with Crippen molar-refractivity contribution in [2.75, 3.05) is 30.3 Å². The maximum absolute atomic E-state index is 15.5. The van der Waals surface area contributed by atoms with Crippen molar-refractivity contribution >= 4 is 33.6 Å². The number of hydrogen-bond acceptors (Lipinski definition) is 10. The van der Waals surface area contributed by atoms with Crippen molar-refractivity contribution in [2.24, 2.45) is 0 Å². The largest absolute Gasteiger partial charge is 0.491 e. The third-order valence-corrected chi connectivity index (χ3v) is 7.30. The summed E-state index contributed by atoms with van der Waals surface area (Å²) in [5.74, 6) is 1.99. The summed E-state index contributed by atoms with van der Waals surface area (Å²) in [6, 6.07) is 9.64. The van der Waals surface area contributed by atoms with Crippen LogP contribution in [0.3, 0.4) is 0 Å². The lowest BCUT2D eigenvalue weighted by Crippen LogP contribution is -2.37. The van der Waals surface area contributed by atoms with Gasteiger partial charge in [0.25, 0.3) is 0 Å². The Morgan fingerprint density at radius 1 is 1.18 bits per heavy atom. The fourth-order valence-electron chi connectivity index (χ4n) is 5.08. The number of aliphatic hydroxyl groups is 1. The van der Waals surface area contributed by atoms with Gasteiger partial charge in [0.2, 0.25) is 5.89 Å². The third kappa shape index (κ3) is 4.03. The van der Waals surface area contributed by atoms with E-state index in [2.05, 4.69) is 19.9 Å². The monoisotopic (exact) mass is 531 g/mol. The summed E-state index contributed by atoms with van der Waals surface area (Å²) in [6.07, 6.45) is 0.310. The van der Waals surface area contributed by atoms with Gasteiger partial charge in [-0.15, -0.1) is 0 Å². The normalized spacial score (nSPS) is 23.0. The molecule has 39 heavy (non-hydrogen) atoms. The van der Waals surface area contributed by atoms with Crippen LogP contribution in [0.4, 0.5) is 16.0 Å². The van der Waals surface area contributed by atoms with E-state index in [0.29, 0.717) is 33.9 Å². The number of fused-ring (bicyclic) bond motifs is 2. The number of nitrogens with two attached hydrogens (primary N) is 1. The average molecular weight is 532 g/mol. The van der Waals surface area contributed by atoms with Gasteiger partial charge in [-0.3, -0.25) is 0 Å². The Hall–Kier alpha value is -4.29. The second kappa shape index (κ2) is 9.17. The maximum Gasteiger partial charge on any atom is 0.228 e. The third-order valence-electron chi connectivity index (χ3n) is 7.30. The van der Waals surface area contributed by atoms with E-state index in [1.54, 1.807) is 13.1 Å². The van der Waals surface area contributed by atoms with Gasteiger partial charge in [-0.25, -0.2) is 24.3 Å². The van der Waals surface area contributed by atoms with Crippen molar-refractivity contribution < 1.29 is 23.4 Å². The number of pyridine rings is 1. The standard InChI is InChI=1S/C27H26FN7O4/c1-14-11-38-26(32-14)17-10-35(25-21(17)24(29)30-13-31-25)27-22(28)23(36)19(39-27)12-37-16-5-3-15-4-6-20(33-18(15)9-16)34-7-2-8-34/h3-6,9-11,13,19,22-23,27,36H,2,7-8,12H2,1H3,(H2,29,30,31)/t19-,22+,23-,27-/m1/s1. The molecule has 200 valence electrons. The smallest absolute Gasteiger partial charge is 0.228 e. The molecule has 1 aromatic carbocycles. The summed E-state index contributed by atoms with van der Waals surface area (Å²) in [4.78, 5) is 19.7. The van der Waals surface area contributed by atoms with E-state index in [0.717, 1.165) is 29.8 Å². The van der Waals surface area contributed by atoms with Gasteiger partial charge >= 0.3 is 0 Å². The van der Waals surface area contributed by atoms with Crippen molar-refractivity contribution in [2.45, 2.75) is 38.0 Å². The Bertz CT molecular complexity index is 1680. The molecule has 6 heterocycles. The second-order valence-corrected chi connectivity index (χ2v) is 9.88. The molecule has 0 radical (unpaired) electrons. The molecular weight excluding hydrogens is 505 g/mol. The minimum Gasteiger partial charge on any atom is -0.491 e. The van der Waals surface area contributed by atoms with Crippen LogP contribution >= 0.6 is 0 Å². The molecule has 2 saturated heterocycles. The zero-order valence-corrected chi connectivity index (χ0v) is 21.1. The number of benzene rings is 1. The van der Waals surface area contributed by atoms with Gasteiger partial charge in [-0.2, -0.15) is 0 Å². The van der Waals surface area contributed by atoms with Gasteiger partial charge in [0.1, 0.15) is 54.4 Å². The summed E-state index contributed by atoms with van der Waals surface area (Å²) in [7, 11) is 0. The van der Waals surface area contributed by atoms with Gasteiger partial charge in [0.05, 0.1) is 22.2 Å². The number of oxazole rings is 1. The predicted molar refractivity (Wildman–Crippen MR) is 141 cm³/mol. The summed E-state index contributed by atoms with van der Waals surface area (Å²) >= 11 is 0. The van der Waals surface area contributed by atoms with E-state index in [1.807, 2.05) is 30.3 Å². The highest BCUT2D eigenvalue weighted by Gasteiger charge is 2.46. The number of anilines is 2. The predicted octanol–water partition coefficient (Wildman–Crippen LogP) is 3.41. The number of halogens is 1. The molecule has 4 aromatic heterocycles. The molecular formula is C27H26FN7O4. The molecule has 0 saturated carbocycles. The van der Waals surface area contributed by atoms with E-state index in [1.165, 1.54) is 23.6 Å². The van der Waals surface area contributed by atoms with Crippen LogP contribution in [0.25, 0.3) is 33.4 Å². The molecule has 0 bridgehead atoms. The van der Waals surface area contributed by atoms with E-state index in [9.17, 15) is 5.11 Å². The number of aromatic nitrogens is 5. The summed E-state index contributed by atoms with van der Waals surface area (Å²) < 4.78 is 34.5. The number of nitrogen functional groups attached to an aromatic ring is 1. The SMILES string of the molecule is Cc1coc(-c2cn([C@@H]3O[C@H](COc4ccc5ccc(N6CCC6)nc5c4)[C@@H](O)[C@@H]3F)c3ncnc(N)c23)n1. The van der Waals surface area contributed by atoms with Gasteiger partial charge in [0.15, 0.2) is 12.4 Å². The van der Waals surface area contributed by atoms with E-state index >= 15 is 4.39 Å². The fraction of sp³-hybridized carbons (Fsp3) is 0.333. The fourth-order valence-corrected chi connectivity index (χ4v) is 5.08. The highest BCUT2D eigenvalue weighted by molar-refractivity contribution is 5.99. The lowest BCUT2D eigenvalue weighted by atomic mass is 10.1. The van der Waals surface area contributed by atoms with Crippen molar-refractivity contribution in [1.82, 2.24) is 24.5 Å². The molecule has 0 spiro atoms. The van der Waals surface area contributed by atoms with Crippen LogP contribution in [0.1, 0.15) is 18.3 Å². The Morgan fingerprint density at radius 3 is 2.79 bits per heavy atom. The van der Waals surface area contributed by atoms with Crippen molar-refractivity contribution in [1.29, 1.82) is 0 Å². The molecule has 3 N–H and O–H groups in total. The van der Waals surface area contributed by atoms with Crippen molar-refractivity contribution in [3.8, 4) is 17.2 Å². The first-order valence-electron chi connectivity index (χ1n) is 12.8. The Balaban J connectivity index is 1.13. The quantitative estimate of drug-likeness (QED) is 0.335.